The lowest BCUT2D eigenvalue weighted by Crippen LogP contribution is -2.30. The van der Waals surface area contributed by atoms with E-state index < -0.39 is 5.82 Å². The molecule has 0 aromatic heterocycles. The number of anilines is 1. The van der Waals surface area contributed by atoms with Gasteiger partial charge in [-0.2, -0.15) is 0 Å². The highest BCUT2D eigenvalue weighted by molar-refractivity contribution is 5.91. The molecule has 0 bridgehead atoms. The number of benzene rings is 1. The quantitative estimate of drug-likeness (QED) is 0.878. The lowest BCUT2D eigenvalue weighted by atomic mass is 9.94. The molecule has 1 aromatic rings. The summed E-state index contributed by atoms with van der Waals surface area (Å²) in [6, 6.07) is 4.19. The van der Waals surface area contributed by atoms with Crippen molar-refractivity contribution in [3.05, 3.63) is 24.0 Å². The molecule has 5 heteroatoms. The fourth-order valence-corrected chi connectivity index (χ4v) is 2.31. The van der Waals surface area contributed by atoms with Gasteiger partial charge in [-0.1, -0.05) is 0 Å². The van der Waals surface area contributed by atoms with Crippen molar-refractivity contribution < 1.29 is 13.9 Å². The highest BCUT2D eigenvalue weighted by atomic mass is 19.1. The van der Waals surface area contributed by atoms with Crippen molar-refractivity contribution in [3.8, 4) is 5.75 Å². The minimum Gasteiger partial charge on any atom is -0.497 e. The lowest BCUT2D eigenvalue weighted by molar-refractivity contribution is -0.117. The summed E-state index contributed by atoms with van der Waals surface area (Å²) in [6.45, 7) is 1.93. The Bertz CT molecular complexity index is 445. The molecule has 1 aromatic carbocycles. The zero-order valence-corrected chi connectivity index (χ0v) is 11.0. The van der Waals surface area contributed by atoms with E-state index >= 15 is 0 Å². The second-order valence-electron chi connectivity index (χ2n) is 4.83. The van der Waals surface area contributed by atoms with Gasteiger partial charge in [0, 0.05) is 24.2 Å². The van der Waals surface area contributed by atoms with E-state index in [1.165, 1.54) is 19.2 Å². The largest absolute Gasteiger partial charge is 0.497 e. The van der Waals surface area contributed by atoms with Crippen LogP contribution in [0.15, 0.2) is 18.2 Å². The number of rotatable bonds is 4. The van der Waals surface area contributed by atoms with Crippen molar-refractivity contribution in [3.63, 3.8) is 0 Å². The van der Waals surface area contributed by atoms with Crippen molar-refractivity contribution in [1.29, 1.82) is 0 Å². The van der Waals surface area contributed by atoms with Crippen molar-refractivity contribution in [2.75, 3.05) is 25.5 Å². The van der Waals surface area contributed by atoms with Gasteiger partial charge in [0.2, 0.25) is 5.91 Å². The molecule has 0 radical (unpaired) electrons. The zero-order valence-electron chi connectivity index (χ0n) is 11.0. The Morgan fingerprint density at radius 2 is 2.16 bits per heavy atom. The van der Waals surface area contributed by atoms with Crippen LogP contribution in [0.25, 0.3) is 0 Å². The Morgan fingerprint density at radius 1 is 1.42 bits per heavy atom. The highest BCUT2D eigenvalue weighted by Gasteiger charge is 2.17. The molecule has 19 heavy (non-hydrogen) atoms. The normalized spacial score (nSPS) is 16.1. The predicted octanol–water partition coefficient (Wildman–Crippen LogP) is 2.16. The van der Waals surface area contributed by atoms with Gasteiger partial charge in [0.15, 0.2) is 0 Å². The summed E-state index contributed by atoms with van der Waals surface area (Å²) >= 11 is 0. The van der Waals surface area contributed by atoms with Crippen LogP contribution in [0.5, 0.6) is 5.75 Å². The van der Waals surface area contributed by atoms with Crippen LogP contribution in [0.1, 0.15) is 19.3 Å². The molecular formula is C14H19FN2O2. The predicted molar refractivity (Wildman–Crippen MR) is 71.8 cm³/mol. The summed E-state index contributed by atoms with van der Waals surface area (Å²) in [5.74, 6) is 0.324. The molecule has 2 rings (SSSR count). The first-order valence-electron chi connectivity index (χ1n) is 6.52. The Balaban J connectivity index is 1.92. The molecule has 104 valence electrons. The second kappa shape index (κ2) is 6.52. The van der Waals surface area contributed by atoms with E-state index in [1.54, 1.807) is 6.07 Å². The Labute approximate surface area is 112 Å². The van der Waals surface area contributed by atoms with Gasteiger partial charge in [-0.3, -0.25) is 4.79 Å². The van der Waals surface area contributed by atoms with Crippen LogP contribution in [-0.2, 0) is 4.79 Å². The number of ether oxygens (including phenoxy) is 1. The van der Waals surface area contributed by atoms with E-state index in [-0.39, 0.29) is 5.91 Å². The first-order chi connectivity index (χ1) is 9.17. The van der Waals surface area contributed by atoms with Crippen molar-refractivity contribution in [2.45, 2.75) is 19.3 Å². The van der Waals surface area contributed by atoms with E-state index in [9.17, 15) is 9.18 Å². The molecule has 1 aliphatic heterocycles. The maximum Gasteiger partial charge on any atom is 0.224 e. The number of carbonyl (C=O) groups excluding carboxylic acids is 1. The number of halogens is 1. The number of carbonyl (C=O) groups is 1. The first kappa shape index (κ1) is 13.8. The van der Waals surface area contributed by atoms with Gasteiger partial charge >= 0.3 is 0 Å². The molecule has 0 saturated carbocycles. The van der Waals surface area contributed by atoms with Gasteiger partial charge in [0.25, 0.3) is 0 Å². The summed E-state index contributed by atoms with van der Waals surface area (Å²) in [5.41, 5.74) is 0.441. The molecule has 1 saturated heterocycles. The fraction of sp³-hybridized carbons (Fsp3) is 0.500. The van der Waals surface area contributed by atoms with Crippen molar-refractivity contribution in [2.24, 2.45) is 5.92 Å². The van der Waals surface area contributed by atoms with E-state index in [4.69, 9.17) is 4.74 Å². The smallest absolute Gasteiger partial charge is 0.224 e. The van der Waals surface area contributed by atoms with Gasteiger partial charge in [-0.15, -0.1) is 0 Å². The van der Waals surface area contributed by atoms with E-state index in [1.807, 2.05) is 0 Å². The third kappa shape index (κ3) is 4.21. The van der Waals surface area contributed by atoms with Crippen LogP contribution in [0.2, 0.25) is 0 Å². The molecule has 1 fully saturated rings. The molecule has 0 aliphatic carbocycles. The number of hydrogen-bond acceptors (Lipinski definition) is 3. The van der Waals surface area contributed by atoms with Gasteiger partial charge < -0.3 is 15.4 Å². The second-order valence-corrected chi connectivity index (χ2v) is 4.83. The summed E-state index contributed by atoms with van der Waals surface area (Å²) in [6.07, 6.45) is 2.51. The molecule has 1 amide bonds. The van der Waals surface area contributed by atoms with E-state index in [0.29, 0.717) is 23.8 Å². The average Bonchev–Trinajstić information content (AvgIpc) is 2.38. The van der Waals surface area contributed by atoms with Crippen LogP contribution in [0, 0.1) is 11.7 Å². The number of hydrogen-bond donors (Lipinski definition) is 2. The van der Waals surface area contributed by atoms with Crippen molar-refractivity contribution in [1.82, 2.24) is 5.32 Å². The molecule has 0 atom stereocenters. The van der Waals surface area contributed by atoms with Crippen LogP contribution >= 0.6 is 0 Å². The summed E-state index contributed by atoms with van der Waals surface area (Å²) < 4.78 is 18.3. The number of nitrogens with one attached hydrogen (secondary N) is 2. The molecule has 1 heterocycles. The van der Waals surface area contributed by atoms with Crippen LogP contribution < -0.4 is 15.4 Å². The molecule has 0 unspecified atom stereocenters. The Kier molecular flexibility index (Phi) is 4.74. The first-order valence-corrected chi connectivity index (χ1v) is 6.52. The topological polar surface area (TPSA) is 50.4 Å². The van der Waals surface area contributed by atoms with E-state index in [2.05, 4.69) is 10.6 Å². The number of methoxy groups -OCH3 is 1. The molecule has 2 N–H and O–H groups in total. The summed E-state index contributed by atoms with van der Waals surface area (Å²) in [7, 11) is 1.47. The average molecular weight is 266 g/mol. The maximum absolute atomic E-state index is 13.3. The van der Waals surface area contributed by atoms with Crippen LogP contribution in [0.4, 0.5) is 10.1 Å². The number of amides is 1. The lowest BCUT2D eigenvalue weighted by Gasteiger charge is -2.21. The van der Waals surface area contributed by atoms with Crippen molar-refractivity contribution >= 4 is 11.6 Å². The third-order valence-corrected chi connectivity index (χ3v) is 3.32. The Morgan fingerprint density at radius 3 is 2.84 bits per heavy atom. The summed E-state index contributed by atoms with van der Waals surface area (Å²) in [4.78, 5) is 11.9. The minimum atomic E-state index is -0.420. The Hall–Kier alpha value is -1.62. The standard InChI is InChI=1S/C14H19FN2O2/c1-19-13-8-11(15)7-12(9-13)17-14(18)6-10-2-4-16-5-3-10/h7-10,16H,2-6H2,1H3,(H,17,18). The highest BCUT2D eigenvalue weighted by Crippen LogP contribution is 2.21. The van der Waals surface area contributed by atoms with Gasteiger partial charge in [0.05, 0.1) is 7.11 Å². The van der Waals surface area contributed by atoms with Gasteiger partial charge in [0.1, 0.15) is 11.6 Å². The molecule has 4 nitrogen and oxygen atoms in total. The maximum atomic E-state index is 13.3. The summed E-state index contributed by atoms with van der Waals surface area (Å²) in [5, 5.41) is 5.99. The van der Waals surface area contributed by atoms with E-state index in [0.717, 1.165) is 25.9 Å². The zero-order chi connectivity index (χ0) is 13.7. The van der Waals surface area contributed by atoms with Gasteiger partial charge in [-0.25, -0.2) is 4.39 Å². The molecule has 0 spiro atoms. The van der Waals surface area contributed by atoms with Crippen LogP contribution in [0.3, 0.4) is 0 Å². The van der Waals surface area contributed by atoms with Gasteiger partial charge in [-0.05, 0) is 37.9 Å². The van der Waals surface area contributed by atoms with Crippen LogP contribution in [-0.4, -0.2) is 26.1 Å². The SMILES string of the molecule is COc1cc(F)cc(NC(=O)CC2CCNCC2)c1. The minimum absolute atomic E-state index is 0.0699. The third-order valence-electron chi connectivity index (χ3n) is 3.32. The number of piperidine rings is 1. The fourth-order valence-electron chi connectivity index (χ4n) is 2.31. The monoisotopic (exact) mass is 266 g/mol. The molecule has 1 aliphatic rings. The molecular weight excluding hydrogens is 247 g/mol.